The molecule has 0 aromatic heterocycles. The van der Waals surface area contributed by atoms with Gasteiger partial charge in [0.25, 0.3) is 0 Å². The molecule has 186 valence electrons. The van der Waals surface area contributed by atoms with Crippen LogP contribution >= 0.6 is 0 Å². The lowest BCUT2D eigenvalue weighted by Crippen LogP contribution is -2.37. The van der Waals surface area contributed by atoms with Crippen LogP contribution in [0, 0.1) is 29.6 Å². The minimum absolute atomic E-state index is 0.557. The quantitative estimate of drug-likeness (QED) is 0.358. The fraction of sp³-hybridized carbons (Fsp3) is 0.862. The van der Waals surface area contributed by atoms with Crippen LogP contribution in [0.15, 0.2) is 12.7 Å². The van der Waals surface area contributed by atoms with Gasteiger partial charge in [-0.1, -0.05) is 32.8 Å². The first-order chi connectivity index (χ1) is 15.4. The van der Waals surface area contributed by atoms with Gasteiger partial charge in [0.1, 0.15) is 0 Å². The van der Waals surface area contributed by atoms with Crippen LogP contribution in [0.5, 0.6) is 0 Å². The maximum atomic E-state index is 5.28. The van der Waals surface area contributed by atoms with E-state index in [0.717, 1.165) is 5.92 Å². The number of likely N-dealkylation sites (tertiary alicyclic amines) is 3. The number of hydrogen-bond acceptors (Lipinski definition) is 3. The number of rotatable bonds is 6. The first-order valence-corrected chi connectivity index (χ1v) is 13.5. The van der Waals surface area contributed by atoms with Crippen molar-refractivity contribution in [3.8, 4) is 12.3 Å². The average molecular weight is 446 g/mol. The lowest BCUT2D eigenvalue weighted by molar-refractivity contribution is 0.109. The SMILES string of the molecule is C#CC1CCN(C)CC1.C=CCCC1(CC)CCN(C)CC1.CCCC1CCCN(C)C1. The second kappa shape index (κ2) is 16.7. The van der Waals surface area contributed by atoms with Crippen LogP contribution in [0.3, 0.4) is 0 Å². The first kappa shape index (κ1) is 29.2. The molecule has 3 nitrogen and oxygen atoms in total. The van der Waals surface area contributed by atoms with Gasteiger partial charge in [-0.05, 0) is 123 Å². The fourth-order valence-electron chi connectivity index (χ4n) is 5.37. The van der Waals surface area contributed by atoms with Gasteiger partial charge < -0.3 is 14.7 Å². The molecule has 3 heteroatoms. The van der Waals surface area contributed by atoms with Crippen molar-refractivity contribution >= 4 is 0 Å². The van der Waals surface area contributed by atoms with Gasteiger partial charge >= 0.3 is 0 Å². The smallest absolute Gasteiger partial charge is 0.0224 e. The second-order valence-corrected chi connectivity index (χ2v) is 10.8. The van der Waals surface area contributed by atoms with Crippen LogP contribution in [-0.2, 0) is 0 Å². The van der Waals surface area contributed by atoms with Crippen molar-refractivity contribution in [3.05, 3.63) is 12.7 Å². The van der Waals surface area contributed by atoms with E-state index in [1.807, 2.05) is 0 Å². The molecule has 0 aliphatic carbocycles. The number of nitrogens with zero attached hydrogens (tertiary/aromatic N) is 3. The van der Waals surface area contributed by atoms with Gasteiger partial charge in [-0.25, -0.2) is 0 Å². The molecule has 1 unspecified atom stereocenters. The van der Waals surface area contributed by atoms with Crippen LogP contribution in [0.4, 0.5) is 0 Å². The number of allylic oxidation sites excluding steroid dienone is 1. The molecule has 0 N–H and O–H groups in total. The van der Waals surface area contributed by atoms with Crippen molar-refractivity contribution in [3.63, 3.8) is 0 Å². The van der Waals surface area contributed by atoms with Crippen molar-refractivity contribution < 1.29 is 0 Å². The Labute approximate surface area is 202 Å². The molecule has 3 aliphatic heterocycles. The monoisotopic (exact) mass is 445 g/mol. The predicted molar refractivity (Wildman–Crippen MR) is 143 cm³/mol. The molecule has 0 saturated carbocycles. The van der Waals surface area contributed by atoms with Gasteiger partial charge in [0.05, 0.1) is 0 Å². The third kappa shape index (κ3) is 11.9. The Balaban J connectivity index is 0.000000245. The largest absolute Gasteiger partial charge is 0.306 e. The summed E-state index contributed by atoms with van der Waals surface area (Å²) < 4.78 is 0. The molecule has 0 aromatic rings. The van der Waals surface area contributed by atoms with Crippen LogP contribution in [0.25, 0.3) is 0 Å². The van der Waals surface area contributed by atoms with Gasteiger partial charge in [0, 0.05) is 12.5 Å². The standard InChI is InChI=1S/C12H23N.C9H19N.C8H13N/c1-4-6-7-12(5-2)8-10-13(3)11-9-12;1-3-5-9-6-4-7-10(2)8-9;1-3-8-4-6-9(2)7-5-8/h4H,1,5-11H2,2-3H3;9H,3-8H2,1-2H3;1,8H,4-7H2,2H3. The highest BCUT2D eigenvalue weighted by Gasteiger charge is 2.30. The molecule has 3 saturated heterocycles. The van der Waals surface area contributed by atoms with Gasteiger partial charge in [-0.15, -0.1) is 18.9 Å². The second-order valence-electron chi connectivity index (χ2n) is 10.8. The summed E-state index contributed by atoms with van der Waals surface area (Å²) in [6.45, 7) is 16.0. The Hall–Kier alpha value is -0.820. The molecular weight excluding hydrogens is 390 g/mol. The van der Waals surface area contributed by atoms with E-state index in [2.05, 4.69) is 68.3 Å². The first-order valence-electron chi connectivity index (χ1n) is 13.5. The Morgan fingerprint density at radius 1 is 0.938 bits per heavy atom. The third-order valence-corrected chi connectivity index (χ3v) is 8.05. The Morgan fingerprint density at radius 2 is 1.56 bits per heavy atom. The van der Waals surface area contributed by atoms with Crippen LogP contribution in [0.2, 0.25) is 0 Å². The zero-order chi connectivity index (χ0) is 23.8. The molecule has 0 aromatic carbocycles. The van der Waals surface area contributed by atoms with Crippen molar-refractivity contribution in [1.82, 2.24) is 14.7 Å². The zero-order valence-electron chi connectivity index (χ0n) is 22.4. The Morgan fingerprint density at radius 3 is 2.06 bits per heavy atom. The average Bonchev–Trinajstić information content (AvgIpc) is 2.81. The molecule has 3 fully saturated rings. The van der Waals surface area contributed by atoms with Gasteiger partial charge in [0.15, 0.2) is 0 Å². The van der Waals surface area contributed by atoms with E-state index >= 15 is 0 Å². The highest BCUT2D eigenvalue weighted by molar-refractivity contribution is 4.95. The zero-order valence-corrected chi connectivity index (χ0v) is 22.4. The van der Waals surface area contributed by atoms with E-state index in [9.17, 15) is 0 Å². The fourth-order valence-corrected chi connectivity index (χ4v) is 5.37. The van der Waals surface area contributed by atoms with Crippen LogP contribution in [0.1, 0.15) is 84.5 Å². The van der Waals surface area contributed by atoms with Crippen LogP contribution < -0.4 is 0 Å². The summed E-state index contributed by atoms with van der Waals surface area (Å²) in [7, 11) is 6.61. The Kier molecular flexibility index (Phi) is 15.3. The summed E-state index contributed by atoms with van der Waals surface area (Å²) >= 11 is 0. The molecular formula is C29H55N3. The highest BCUT2D eigenvalue weighted by Crippen LogP contribution is 2.38. The van der Waals surface area contributed by atoms with Crippen molar-refractivity contribution in [1.29, 1.82) is 0 Å². The van der Waals surface area contributed by atoms with Gasteiger partial charge in [-0.3, -0.25) is 0 Å². The minimum atomic E-state index is 0.557. The van der Waals surface area contributed by atoms with E-state index in [-0.39, 0.29) is 0 Å². The number of terminal acetylenes is 1. The maximum Gasteiger partial charge on any atom is 0.0224 e. The lowest BCUT2D eigenvalue weighted by Gasteiger charge is -2.40. The Bertz CT molecular complexity index is 505. The molecule has 0 bridgehead atoms. The molecule has 0 amide bonds. The third-order valence-electron chi connectivity index (χ3n) is 8.05. The van der Waals surface area contributed by atoms with E-state index < -0.39 is 0 Å². The normalized spacial score (nSPS) is 24.9. The molecule has 0 radical (unpaired) electrons. The van der Waals surface area contributed by atoms with Gasteiger partial charge in [-0.2, -0.15) is 0 Å². The van der Waals surface area contributed by atoms with E-state index in [1.165, 1.54) is 110 Å². The number of hydrogen-bond donors (Lipinski definition) is 0. The van der Waals surface area contributed by atoms with E-state index in [4.69, 9.17) is 6.42 Å². The molecule has 3 aliphatic rings. The summed E-state index contributed by atoms with van der Waals surface area (Å²) in [6.07, 6.45) is 22.1. The van der Waals surface area contributed by atoms with Crippen molar-refractivity contribution in [2.75, 3.05) is 60.4 Å². The molecule has 1 atom stereocenters. The maximum absolute atomic E-state index is 5.28. The van der Waals surface area contributed by atoms with Crippen LogP contribution in [-0.4, -0.2) is 75.1 Å². The molecule has 32 heavy (non-hydrogen) atoms. The van der Waals surface area contributed by atoms with Gasteiger partial charge in [0.2, 0.25) is 0 Å². The summed E-state index contributed by atoms with van der Waals surface area (Å²) in [5, 5.41) is 0. The van der Waals surface area contributed by atoms with Crippen molar-refractivity contribution in [2.45, 2.75) is 84.5 Å². The van der Waals surface area contributed by atoms with E-state index in [0.29, 0.717) is 11.3 Å². The minimum Gasteiger partial charge on any atom is -0.306 e. The molecule has 0 spiro atoms. The van der Waals surface area contributed by atoms with Crippen molar-refractivity contribution in [2.24, 2.45) is 17.3 Å². The summed E-state index contributed by atoms with van der Waals surface area (Å²) in [5.74, 6) is 4.36. The summed E-state index contributed by atoms with van der Waals surface area (Å²) in [4.78, 5) is 7.24. The van der Waals surface area contributed by atoms with E-state index in [1.54, 1.807) is 0 Å². The molecule has 3 rings (SSSR count). The topological polar surface area (TPSA) is 9.72 Å². The predicted octanol–water partition coefficient (Wildman–Crippen LogP) is 6.16. The summed E-state index contributed by atoms with van der Waals surface area (Å²) in [5.41, 5.74) is 0.640. The molecule has 3 heterocycles. The highest BCUT2D eigenvalue weighted by atomic mass is 15.1. The number of piperidine rings is 3. The summed E-state index contributed by atoms with van der Waals surface area (Å²) in [6, 6.07) is 0. The lowest BCUT2D eigenvalue weighted by atomic mass is 9.73.